The normalized spacial score (nSPS) is 39.6. The number of fused-ring (bicyclic) bond motifs is 5. The van der Waals surface area contributed by atoms with E-state index in [4.69, 9.17) is 9.68 Å². The lowest BCUT2D eigenvalue weighted by molar-refractivity contribution is -0.200. The molecule has 0 aromatic carbocycles. The van der Waals surface area contributed by atoms with Crippen molar-refractivity contribution in [3.8, 4) is 0 Å². The van der Waals surface area contributed by atoms with Gasteiger partial charge in [-0.05, 0) is 93.0 Å². The first-order chi connectivity index (χ1) is 16.6. The summed E-state index contributed by atoms with van der Waals surface area (Å²) in [7, 11) is 0. The number of allylic oxidation sites excluding steroid dienone is 2. The number of imide groups is 1. The maximum absolute atomic E-state index is 12.3. The van der Waals surface area contributed by atoms with Crippen molar-refractivity contribution < 1.29 is 28.9 Å². The molecule has 0 aromatic heterocycles. The predicted molar refractivity (Wildman–Crippen MR) is 126 cm³/mol. The van der Waals surface area contributed by atoms with Crippen LogP contribution in [-0.4, -0.2) is 40.9 Å². The van der Waals surface area contributed by atoms with Gasteiger partial charge in [-0.1, -0.05) is 24.6 Å². The molecule has 0 bridgehead atoms. The zero-order chi connectivity index (χ0) is 25.0. The van der Waals surface area contributed by atoms with Crippen LogP contribution < -0.4 is 0 Å². The zero-order valence-electron chi connectivity index (χ0n) is 21.0. The first-order valence-corrected chi connectivity index (χ1v) is 13.1. The van der Waals surface area contributed by atoms with Crippen LogP contribution in [0, 0.1) is 34.5 Å². The molecule has 0 aromatic rings. The summed E-state index contributed by atoms with van der Waals surface area (Å²) in [5.41, 5.74) is 2.55. The Labute approximate surface area is 206 Å². The Morgan fingerprint density at radius 3 is 2.46 bits per heavy atom. The minimum Gasteiger partial charge on any atom is -0.383 e. The van der Waals surface area contributed by atoms with Crippen LogP contribution in [0.25, 0.3) is 0 Å². The van der Waals surface area contributed by atoms with Gasteiger partial charge in [0, 0.05) is 18.8 Å². The molecule has 0 radical (unpaired) electrons. The van der Waals surface area contributed by atoms with Crippen LogP contribution in [0.15, 0.2) is 16.8 Å². The Morgan fingerprint density at radius 1 is 1.00 bits per heavy atom. The lowest BCUT2D eigenvalue weighted by Crippen LogP contribution is -2.51. The van der Waals surface area contributed by atoms with Crippen molar-refractivity contribution >= 4 is 29.3 Å². The fraction of sp³-hybridized carbons (Fsp3) is 0.741. The van der Waals surface area contributed by atoms with Crippen molar-refractivity contribution in [2.45, 2.75) is 85.0 Å². The van der Waals surface area contributed by atoms with E-state index >= 15 is 0 Å². The molecular formula is C27H36N2O6. The lowest BCUT2D eigenvalue weighted by atomic mass is 9.46. The molecular weight excluding hydrogens is 448 g/mol. The second kappa shape index (κ2) is 8.86. The van der Waals surface area contributed by atoms with E-state index in [9.17, 15) is 19.2 Å². The van der Waals surface area contributed by atoms with Crippen LogP contribution in [0.3, 0.4) is 0 Å². The number of nitrogens with zero attached hydrogens (tertiary/aromatic N) is 2. The maximum atomic E-state index is 12.3. The van der Waals surface area contributed by atoms with Gasteiger partial charge >= 0.3 is 5.97 Å². The number of rotatable bonds is 5. The van der Waals surface area contributed by atoms with Crippen LogP contribution in [-0.2, 0) is 28.9 Å². The highest BCUT2D eigenvalue weighted by molar-refractivity contribution is 6.01. The molecule has 1 saturated heterocycles. The summed E-state index contributed by atoms with van der Waals surface area (Å²) in [5.74, 6) is 0.716. The van der Waals surface area contributed by atoms with Gasteiger partial charge < -0.3 is 9.68 Å². The topological polar surface area (TPSA) is 102 Å². The Balaban J connectivity index is 1.22. The summed E-state index contributed by atoms with van der Waals surface area (Å²) in [6.07, 6.45) is 10.8. The summed E-state index contributed by atoms with van der Waals surface area (Å²) in [5, 5.41) is 4.69. The number of hydrogen-bond acceptors (Lipinski definition) is 7. The third-order valence-electron chi connectivity index (χ3n) is 10.0. The number of hydroxylamine groups is 2. The third kappa shape index (κ3) is 4.02. The molecule has 4 fully saturated rings. The van der Waals surface area contributed by atoms with Crippen LogP contribution in [0.5, 0.6) is 0 Å². The smallest absolute Gasteiger partial charge is 0.373 e. The highest BCUT2D eigenvalue weighted by Gasteiger charge is 2.59. The van der Waals surface area contributed by atoms with Crippen molar-refractivity contribution in [2.75, 3.05) is 6.61 Å². The Morgan fingerprint density at radius 2 is 1.74 bits per heavy atom. The van der Waals surface area contributed by atoms with Gasteiger partial charge in [0.2, 0.25) is 6.61 Å². The van der Waals surface area contributed by atoms with E-state index in [1.54, 1.807) is 6.92 Å². The molecule has 0 N–H and O–H groups in total. The number of hydrogen-bond donors (Lipinski definition) is 0. The summed E-state index contributed by atoms with van der Waals surface area (Å²) in [6.45, 7) is 6.12. The molecule has 5 rings (SSSR count). The van der Waals surface area contributed by atoms with Crippen LogP contribution in [0.4, 0.5) is 0 Å². The number of ketones is 1. The number of carbonyl (C=O) groups is 4. The van der Waals surface area contributed by atoms with E-state index < -0.39 is 24.4 Å². The highest BCUT2D eigenvalue weighted by Crippen LogP contribution is 2.66. The Bertz CT molecular complexity index is 1000. The molecule has 5 aliphatic rings. The average Bonchev–Trinajstić information content (AvgIpc) is 3.33. The summed E-state index contributed by atoms with van der Waals surface area (Å²) < 4.78 is 0. The highest BCUT2D eigenvalue weighted by atomic mass is 16.7. The first kappa shape index (κ1) is 24.2. The van der Waals surface area contributed by atoms with Gasteiger partial charge in [-0.15, -0.1) is 5.06 Å². The van der Waals surface area contributed by atoms with Gasteiger partial charge in [-0.3, -0.25) is 14.4 Å². The largest absolute Gasteiger partial charge is 0.383 e. The maximum Gasteiger partial charge on any atom is 0.373 e. The fourth-order valence-corrected chi connectivity index (χ4v) is 8.26. The summed E-state index contributed by atoms with van der Waals surface area (Å²) in [6, 6.07) is 0. The standard InChI is InChI=1S/C27H36N2O6/c1-16(30)20-6-7-21-19-5-4-17-14-18(10-12-26(17,2)22(19)11-13-27(20,21)3)28-34-15-25(33)35-29-23(31)8-9-24(29)32/h14,19-22H,4-13,15H2,1-3H3/b28-18+. The summed E-state index contributed by atoms with van der Waals surface area (Å²) >= 11 is 0. The van der Waals surface area contributed by atoms with Gasteiger partial charge in [0.15, 0.2) is 0 Å². The van der Waals surface area contributed by atoms with Crippen molar-refractivity contribution in [1.82, 2.24) is 5.06 Å². The Kier molecular flexibility index (Phi) is 6.12. The first-order valence-electron chi connectivity index (χ1n) is 13.1. The van der Waals surface area contributed by atoms with Crippen LogP contribution in [0.2, 0.25) is 0 Å². The number of oxime groups is 1. The molecule has 8 nitrogen and oxygen atoms in total. The van der Waals surface area contributed by atoms with Crippen molar-refractivity contribution in [2.24, 2.45) is 39.7 Å². The quantitative estimate of drug-likeness (QED) is 0.429. The molecule has 1 aliphatic heterocycles. The fourth-order valence-electron chi connectivity index (χ4n) is 8.26. The third-order valence-corrected chi connectivity index (χ3v) is 10.0. The van der Waals surface area contributed by atoms with Gasteiger partial charge in [0.25, 0.3) is 11.8 Å². The van der Waals surface area contributed by atoms with E-state index in [0.29, 0.717) is 28.6 Å². The number of carbonyl (C=O) groups excluding carboxylic acids is 4. The van der Waals surface area contributed by atoms with E-state index in [1.807, 2.05) is 0 Å². The number of amides is 2. The molecule has 2 amide bonds. The molecule has 0 spiro atoms. The van der Waals surface area contributed by atoms with E-state index in [0.717, 1.165) is 44.2 Å². The molecule has 6 atom stereocenters. The number of Topliss-reactive ketones (excluding diaryl/α,β-unsaturated/α-hetero) is 1. The van der Waals surface area contributed by atoms with Crippen molar-refractivity contribution in [1.29, 1.82) is 0 Å². The van der Waals surface area contributed by atoms with Gasteiger partial charge in [0.1, 0.15) is 5.78 Å². The zero-order valence-corrected chi connectivity index (χ0v) is 21.0. The second-order valence-electron chi connectivity index (χ2n) is 11.7. The van der Waals surface area contributed by atoms with Crippen molar-refractivity contribution in [3.63, 3.8) is 0 Å². The van der Waals surface area contributed by atoms with Crippen molar-refractivity contribution in [3.05, 3.63) is 11.6 Å². The lowest BCUT2D eigenvalue weighted by Gasteiger charge is -2.58. The van der Waals surface area contributed by atoms with E-state index in [2.05, 4.69) is 25.1 Å². The second-order valence-corrected chi connectivity index (χ2v) is 11.7. The van der Waals surface area contributed by atoms with Crippen LogP contribution >= 0.6 is 0 Å². The predicted octanol–water partition coefficient (Wildman–Crippen LogP) is 4.13. The molecule has 1 heterocycles. The molecule has 4 aliphatic carbocycles. The average molecular weight is 485 g/mol. The van der Waals surface area contributed by atoms with E-state index in [1.165, 1.54) is 18.4 Å². The van der Waals surface area contributed by atoms with Gasteiger partial charge in [-0.25, -0.2) is 4.79 Å². The minimum absolute atomic E-state index is 0.0563. The SMILES string of the molecule is CC(=O)C1CCC2C3CCC4=C/C(=N/OCC(=O)ON5C(=O)CCC5=O)CCC4(C)C3CCC12C. The molecule has 8 heteroatoms. The van der Waals surface area contributed by atoms with Gasteiger partial charge in [-0.2, -0.15) is 0 Å². The molecule has 6 unspecified atom stereocenters. The van der Waals surface area contributed by atoms with E-state index in [-0.39, 0.29) is 29.6 Å². The van der Waals surface area contributed by atoms with Gasteiger partial charge in [0.05, 0.1) is 5.71 Å². The molecule has 3 saturated carbocycles. The minimum atomic E-state index is -0.822. The molecule has 190 valence electrons. The monoisotopic (exact) mass is 484 g/mol. The Hall–Kier alpha value is -2.51. The molecule has 35 heavy (non-hydrogen) atoms. The summed E-state index contributed by atoms with van der Waals surface area (Å²) in [4.78, 5) is 57.5. The van der Waals surface area contributed by atoms with Crippen LogP contribution in [0.1, 0.15) is 85.0 Å².